The van der Waals surface area contributed by atoms with Crippen LogP contribution in [0.15, 0.2) is 71.7 Å². The Morgan fingerprint density at radius 2 is 1.60 bits per heavy atom. The number of benzene rings is 2. The maximum Gasteiger partial charge on any atom is 0.258 e. The van der Waals surface area contributed by atoms with Crippen molar-refractivity contribution in [2.24, 2.45) is 0 Å². The van der Waals surface area contributed by atoms with E-state index in [1.54, 1.807) is 29.0 Å². The SMILES string of the molecule is CCN(CC)CCOc1ccc(-n2ccc(OCc3ccc(F)cc3)cc2=O)cc1. The number of ether oxygens (including phenoxy) is 2. The number of halogens is 1. The van der Waals surface area contributed by atoms with E-state index in [4.69, 9.17) is 9.47 Å². The fraction of sp³-hybridized carbons (Fsp3) is 0.292. The Labute approximate surface area is 176 Å². The van der Waals surface area contributed by atoms with Gasteiger partial charge in [0.25, 0.3) is 5.56 Å². The first kappa shape index (κ1) is 21.6. The third kappa shape index (κ3) is 5.94. The van der Waals surface area contributed by atoms with Crippen LogP contribution in [0.25, 0.3) is 5.69 Å². The van der Waals surface area contributed by atoms with E-state index in [1.165, 1.54) is 18.2 Å². The van der Waals surface area contributed by atoms with Gasteiger partial charge in [0.2, 0.25) is 0 Å². The molecule has 0 aliphatic heterocycles. The Morgan fingerprint density at radius 3 is 2.23 bits per heavy atom. The van der Waals surface area contributed by atoms with Crippen LogP contribution in [0.1, 0.15) is 19.4 Å². The summed E-state index contributed by atoms with van der Waals surface area (Å²) in [5.74, 6) is 0.955. The zero-order valence-corrected chi connectivity index (χ0v) is 17.4. The fourth-order valence-corrected chi connectivity index (χ4v) is 3.05. The van der Waals surface area contributed by atoms with Crippen molar-refractivity contribution in [2.75, 3.05) is 26.2 Å². The van der Waals surface area contributed by atoms with Crippen LogP contribution in [0.3, 0.4) is 0 Å². The molecule has 3 rings (SSSR count). The van der Waals surface area contributed by atoms with Crippen LogP contribution >= 0.6 is 0 Å². The fourth-order valence-electron chi connectivity index (χ4n) is 3.05. The van der Waals surface area contributed by atoms with Crippen molar-refractivity contribution in [3.8, 4) is 17.2 Å². The highest BCUT2D eigenvalue weighted by Crippen LogP contribution is 2.16. The molecule has 30 heavy (non-hydrogen) atoms. The molecule has 0 radical (unpaired) electrons. The molecule has 1 aromatic heterocycles. The number of nitrogens with zero attached hydrogens (tertiary/aromatic N) is 2. The number of pyridine rings is 1. The van der Waals surface area contributed by atoms with E-state index in [0.717, 1.165) is 36.6 Å². The lowest BCUT2D eigenvalue weighted by molar-refractivity contribution is 0.223. The quantitative estimate of drug-likeness (QED) is 0.501. The maximum atomic E-state index is 13.0. The first-order valence-corrected chi connectivity index (χ1v) is 10.1. The molecule has 0 aliphatic carbocycles. The van der Waals surface area contributed by atoms with Crippen LogP contribution in [0.4, 0.5) is 4.39 Å². The Hall–Kier alpha value is -3.12. The van der Waals surface area contributed by atoms with E-state index in [1.807, 2.05) is 24.3 Å². The highest BCUT2D eigenvalue weighted by molar-refractivity contribution is 5.38. The average molecular weight is 410 g/mol. The summed E-state index contributed by atoms with van der Waals surface area (Å²) in [4.78, 5) is 14.8. The van der Waals surface area contributed by atoms with Gasteiger partial charge in [0, 0.05) is 24.5 Å². The Bertz CT molecular complexity index is 981. The highest BCUT2D eigenvalue weighted by Gasteiger charge is 2.05. The minimum absolute atomic E-state index is 0.193. The van der Waals surface area contributed by atoms with Crippen LogP contribution in [0, 0.1) is 5.82 Å². The van der Waals surface area contributed by atoms with Crippen molar-refractivity contribution in [3.63, 3.8) is 0 Å². The Kier molecular flexibility index (Phi) is 7.63. The molecule has 1 heterocycles. The predicted molar refractivity (Wildman–Crippen MR) is 116 cm³/mol. The Balaban J connectivity index is 1.59. The zero-order chi connectivity index (χ0) is 21.3. The minimum Gasteiger partial charge on any atom is -0.492 e. The lowest BCUT2D eigenvalue weighted by Crippen LogP contribution is -2.27. The molecule has 2 aromatic carbocycles. The Morgan fingerprint density at radius 1 is 0.900 bits per heavy atom. The van der Waals surface area contributed by atoms with Gasteiger partial charge >= 0.3 is 0 Å². The van der Waals surface area contributed by atoms with Gasteiger partial charge in [-0.3, -0.25) is 9.36 Å². The molecule has 3 aromatic rings. The minimum atomic E-state index is -0.290. The van der Waals surface area contributed by atoms with Crippen molar-refractivity contribution in [2.45, 2.75) is 20.5 Å². The molecule has 0 amide bonds. The monoisotopic (exact) mass is 410 g/mol. The largest absolute Gasteiger partial charge is 0.492 e. The van der Waals surface area contributed by atoms with Crippen molar-refractivity contribution < 1.29 is 13.9 Å². The second kappa shape index (κ2) is 10.6. The summed E-state index contributed by atoms with van der Waals surface area (Å²) in [5, 5.41) is 0. The summed E-state index contributed by atoms with van der Waals surface area (Å²) in [5.41, 5.74) is 1.39. The normalized spacial score (nSPS) is 10.9. The van der Waals surface area contributed by atoms with E-state index in [9.17, 15) is 9.18 Å². The molecule has 0 N–H and O–H groups in total. The van der Waals surface area contributed by atoms with Crippen molar-refractivity contribution in [1.29, 1.82) is 0 Å². The van der Waals surface area contributed by atoms with Crippen molar-refractivity contribution >= 4 is 0 Å². The maximum absolute atomic E-state index is 13.0. The molecule has 0 saturated carbocycles. The highest BCUT2D eigenvalue weighted by atomic mass is 19.1. The average Bonchev–Trinajstić information content (AvgIpc) is 2.77. The third-order valence-corrected chi connectivity index (χ3v) is 4.90. The van der Waals surface area contributed by atoms with Gasteiger partial charge in [0.05, 0.1) is 0 Å². The van der Waals surface area contributed by atoms with Gasteiger partial charge in [-0.15, -0.1) is 0 Å². The number of hydrogen-bond acceptors (Lipinski definition) is 4. The number of likely N-dealkylation sites (N-methyl/N-ethyl adjacent to an activating group) is 1. The molecule has 0 atom stereocenters. The van der Waals surface area contributed by atoms with Crippen LogP contribution in [-0.2, 0) is 6.61 Å². The molecule has 0 unspecified atom stereocenters. The van der Waals surface area contributed by atoms with Gasteiger partial charge in [0.1, 0.15) is 30.5 Å². The molecule has 158 valence electrons. The third-order valence-electron chi connectivity index (χ3n) is 4.90. The number of aromatic nitrogens is 1. The van der Waals surface area contributed by atoms with Crippen molar-refractivity contribution in [1.82, 2.24) is 9.47 Å². The topological polar surface area (TPSA) is 43.7 Å². The van der Waals surface area contributed by atoms with E-state index in [0.29, 0.717) is 12.4 Å². The summed E-state index contributed by atoms with van der Waals surface area (Å²) < 4.78 is 25.9. The summed E-state index contributed by atoms with van der Waals surface area (Å²) in [7, 11) is 0. The smallest absolute Gasteiger partial charge is 0.258 e. The number of hydrogen-bond donors (Lipinski definition) is 0. The zero-order valence-electron chi connectivity index (χ0n) is 17.4. The molecule has 0 spiro atoms. The van der Waals surface area contributed by atoms with Gasteiger partial charge in [0.15, 0.2) is 0 Å². The van der Waals surface area contributed by atoms with Gasteiger partial charge in [-0.05, 0) is 61.1 Å². The summed E-state index contributed by atoms with van der Waals surface area (Å²) >= 11 is 0. The molecular weight excluding hydrogens is 383 g/mol. The first-order valence-electron chi connectivity index (χ1n) is 10.1. The van der Waals surface area contributed by atoms with Crippen LogP contribution in [-0.4, -0.2) is 35.7 Å². The van der Waals surface area contributed by atoms with Crippen LogP contribution < -0.4 is 15.0 Å². The predicted octanol–water partition coefficient (Wildman–Crippen LogP) is 4.28. The lowest BCUT2D eigenvalue weighted by atomic mass is 10.2. The van der Waals surface area contributed by atoms with Crippen molar-refractivity contribution in [3.05, 3.63) is 88.6 Å². The van der Waals surface area contributed by atoms with E-state index >= 15 is 0 Å². The molecule has 0 fully saturated rings. The molecular formula is C24H27FN2O3. The molecule has 0 saturated heterocycles. The molecule has 0 aliphatic rings. The summed E-state index contributed by atoms with van der Waals surface area (Å²) in [6.07, 6.45) is 1.68. The molecule has 6 heteroatoms. The van der Waals surface area contributed by atoms with E-state index in [2.05, 4.69) is 18.7 Å². The van der Waals surface area contributed by atoms with Gasteiger partial charge in [-0.2, -0.15) is 0 Å². The second-order valence-corrected chi connectivity index (χ2v) is 6.86. The molecule has 5 nitrogen and oxygen atoms in total. The van der Waals surface area contributed by atoms with Gasteiger partial charge in [-0.1, -0.05) is 26.0 Å². The summed E-state index contributed by atoms with van der Waals surface area (Å²) in [6.45, 7) is 8.05. The first-order chi connectivity index (χ1) is 14.6. The van der Waals surface area contributed by atoms with Crippen LogP contribution in [0.2, 0.25) is 0 Å². The van der Waals surface area contributed by atoms with E-state index < -0.39 is 0 Å². The molecule has 0 bridgehead atoms. The van der Waals surface area contributed by atoms with Gasteiger partial charge < -0.3 is 14.4 Å². The van der Waals surface area contributed by atoms with Crippen LogP contribution in [0.5, 0.6) is 11.5 Å². The van der Waals surface area contributed by atoms with E-state index in [-0.39, 0.29) is 18.0 Å². The number of rotatable bonds is 10. The summed E-state index contributed by atoms with van der Waals surface area (Å²) in [6, 6.07) is 16.7. The second-order valence-electron chi connectivity index (χ2n) is 6.86. The van der Waals surface area contributed by atoms with Gasteiger partial charge in [-0.25, -0.2) is 4.39 Å². The lowest BCUT2D eigenvalue weighted by Gasteiger charge is -2.18. The standard InChI is InChI=1S/C24H27FN2O3/c1-3-26(4-2)15-16-29-22-11-9-21(10-12-22)27-14-13-23(17-24(27)28)30-18-19-5-7-20(25)8-6-19/h5-14,17H,3-4,15-16,18H2,1-2H3.